The molecule has 102 valence electrons. The fraction of sp³-hybridized carbons (Fsp3) is 0.417. The highest BCUT2D eigenvalue weighted by Crippen LogP contribution is 2.33. The van der Waals surface area contributed by atoms with Crippen molar-refractivity contribution in [2.75, 3.05) is 5.73 Å². The van der Waals surface area contributed by atoms with Gasteiger partial charge in [0.05, 0.1) is 21.2 Å². The van der Waals surface area contributed by atoms with Crippen LogP contribution < -0.4 is 11.1 Å². The van der Waals surface area contributed by atoms with Crippen molar-refractivity contribution >= 4 is 28.9 Å². The van der Waals surface area contributed by atoms with Crippen LogP contribution in [0.25, 0.3) is 0 Å². The van der Waals surface area contributed by atoms with Gasteiger partial charge in [0.15, 0.2) is 0 Å². The fourth-order valence-corrected chi connectivity index (χ4v) is 2.11. The number of nitro groups is 1. The molecule has 1 aliphatic rings. The minimum atomic E-state index is -0.605. The number of nitrogens with one attached hydrogen (secondary N) is 1. The van der Waals surface area contributed by atoms with Crippen LogP contribution >= 0.6 is 11.6 Å². The van der Waals surface area contributed by atoms with E-state index in [0.717, 1.165) is 25.0 Å². The molecule has 19 heavy (non-hydrogen) atoms. The Morgan fingerprint density at radius 2 is 2.21 bits per heavy atom. The van der Waals surface area contributed by atoms with E-state index >= 15 is 0 Å². The SMILES string of the molecule is CC(NC(=O)c1cc([N+](=O)[O-])cc(Cl)c1N)C1CC1. The number of benzene rings is 1. The second kappa shape index (κ2) is 5.05. The number of nitrogens with zero attached hydrogens (tertiary/aromatic N) is 1. The average molecular weight is 284 g/mol. The van der Waals surface area contributed by atoms with Crippen molar-refractivity contribution in [3.63, 3.8) is 0 Å². The molecule has 7 heteroatoms. The number of nitrogen functional groups attached to an aromatic ring is 1. The van der Waals surface area contributed by atoms with E-state index in [-0.39, 0.29) is 28.0 Å². The number of amides is 1. The topological polar surface area (TPSA) is 98.3 Å². The first-order chi connectivity index (χ1) is 8.90. The van der Waals surface area contributed by atoms with E-state index < -0.39 is 10.8 Å². The molecule has 0 saturated heterocycles. The molecular formula is C12H14ClN3O3. The lowest BCUT2D eigenvalue weighted by Crippen LogP contribution is -2.34. The van der Waals surface area contributed by atoms with Crippen LogP contribution in [0.5, 0.6) is 0 Å². The maximum absolute atomic E-state index is 12.1. The number of halogens is 1. The van der Waals surface area contributed by atoms with Crippen LogP contribution in [0.1, 0.15) is 30.1 Å². The van der Waals surface area contributed by atoms with E-state index in [1.54, 1.807) is 0 Å². The van der Waals surface area contributed by atoms with Gasteiger partial charge in [0, 0.05) is 18.2 Å². The molecule has 1 aromatic rings. The highest BCUT2D eigenvalue weighted by molar-refractivity contribution is 6.34. The lowest BCUT2D eigenvalue weighted by atomic mass is 10.1. The summed E-state index contributed by atoms with van der Waals surface area (Å²) < 4.78 is 0. The molecule has 0 aliphatic heterocycles. The number of non-ortho nitro benzene ring substituents is 1. The van der Waals surface area contributed by atoms with Gasteiger partial charge < -0.3 is 11.1 Å². The first-order valence-electron chi connectivity index (χ1n) is 5.94. The molecule has 2 rings (SSSR count). The van der Waals surface area contributed by atoms with Crippen LogP contribution in [0.3, 0.4) is 0 Å². The van der Waals surface area contributed by atoms with Gasteiger partial charge in [0.2, 0.25) is 0 Å². The molecule has 1 saturated carbocycles. The Labute approximate surface area is 115 Å². The van der Waals surface area contributed by atoms with Gasteiger partial charge in [0.1, 0.15) is 0 Å². The number of nitro benzene ring substituents is 1. The van der Waals surface area contributed by atoms with Gasteiger partial charge in [-0.1, -0.05) is 11.6 Å². The van der Waals surface area contributed by atoms with Gasteiger partial charge in [-0.05, 0) is 25.7 Å². The van der Waals surface area contributed by atoms with E-state index in [9.17, 15) is 14.9 Å². The summed E-state index contributed by atoms with van der Waals surface area (Å²) in [5.41, 5.74) is 5.57. The highest BCUT2D eigenvalue weighted by Gasteiger charge is 2.30. The molecule has 0 heterocycles. The van der Waals surface area contributed by atoms with Crippen molar-refractivity contribution in [2.24, 2.45) is 5.92 Å². The minimum Gasteiger partial charge on any atom is -0.397 e. The van der Waals surface area contributed by atoms with E-state index in [4.69, 9.17) is 17.3 Å². The second-order valence-corrected chi connectivity index (χ2v) is 5.15. The van der Waals surface area contributed by atoms with Crippen LogP contribution in [0.2, 0.25) is 5.02 Å². The molecule has 0 aromatic heterocycles. The lowest BCUT2D eigenvalue weighted by molar-refractivity contribution is -0.384. The molecule has 6 nitrogen and oxygen atoms in total. The third-order valence-electron chi connectivity index (χ3n) is 3.26. The first-order valence-corrected chi connectivity index (χ1v) is 6.32. The Morgan fingerprint density at radius 3 is 2.74 bits per heavy atom. The molecule has 3 N–H and O–H groups in total. The monoisotopic (exact) mass is 283 g/mol. The van der Waals surface area contributed by atoms with Crippen molar-refractivity contribution < 1.29 is 9.72 Å². The van der Waals surface area contributed by atoms with Crippen LogP contribution in [0, 0.1) is 16.0 Å². The number of carbonyl (C=O) groups excluding carboxylic acids is 1. The summed E-state index contributed by atoms with van der Waals surface area (Å²) in [4.78, 5) is 22.2. The van der Waals surface area contributed by atoms with Gasteiger partial charge in [-0.2, -0.15) is 0 Å². The number of nitrogens with two attached hydrogens (primary N) is 1. The third kappa shape index (κ3) is 2.96. The van der Waals surface area contributed by atoms with Gasteiger partial charge in [-0.25, -0.2) is 0 Å². The number of anilines is 1. The quantitative estimate of drug-likeness (QED) is 0.503. The van der Waals surface area contributed by atoms with Crippen molar-refractivity contribution in [1.29, 1.82) is 0 Å². The Hall–Kier alpha value is -1.82. The summed E-state index contributed by atoms with van der Waals surface area (Å²) in [5, 5.41) is 13.6. The van der Waals surface area contributed by atoms with Gasteiger partial charge in [-0.3, -0.25) is 14.9 Å². The zero-order valence-electron chi connectivity index (χ0n) is 10.4. The van der Waals surface area contributed by atoms with Crippen LogP contribution in [0.4, 0.5) is 11.4 Å². The summed E-state index contributed by atoms with van der Waals surface area (Å²) >= 11 is 5.81. The summed E-state index contributed by atoms with van der Waals surface area (Å²) in [5.74, 6) is 0.0573. The number of hydrogen-bond donors (Lipinski definition) is 2. The zero-order valence-corrected chi connectivity index (χ0v) is 11.1. The van der Waals surface area contributed by atoms with Crippen LogP contribution in [-0.2, 0) is 0 Å². The Kier molecular flexibility index (Phi) is 3.61. The number of carbonyl (C=O) groups is 1. The summed E-state index contributed by atoms with van der Waals surface area (Å²) in [6.07, 6.45) is 2.18. The highest BCUT2D eigenvalue weighted by atomic mass is 35.5. The van der Waals surface area contributed by atoms with Crippen molar-refractivity contribution in [1.82, 2.24) is 5.32 Å². The van der Waals surface area contributed by atoms with Crippen LogP contribution in [-0.4, -0.2) is 16.9 Å². The minimum absolute atomic E-state index is 0.0124. The molecule has 1 aliphatic carbocycles. The van der Waals surface area contributed by atoms with Gasteiger partial charge >= 0.3 is 0 Å². The Balaban J connectivity index is 2.26. The Morgan fingerprint density at radius 1 is 1.58 bits per heavy atom. The molecule has 0 spiro atoms. The maximum Gasteiger partial charge on any atom is 0.271 e. The normalized spacial score (nSPS) is 15.9. The molecule has 1 aromatic carbocycles. The molecule has 1 atom stereocenters. The lowest BCUT2D eigenvalue weighted by Gasteiger charge is -2.14. The predicted molar refractivity (Wildman–Crippen MR) is 72.2 cm³/mol. The van der Waals surface area contributed by atoms with E-state index in [0.29, 0.717) is 5.92 Å². The second-order valence-electron chi connectivity index (χ2n) is 4.75. The summed E-state index contributed by atoms with van der Waals surface area (Å²) in [7, 11) is 0. The predicted octanol–water partition coefficient (Wildman–Crippen LogP) is 2.36. The molecule has 1 unspecified atom stereocenters. The van der Waals surface area contributed by atoms with Crippen molar-refractivity contribution in [3.05, 3.63) is 32.8 Å². The smallest absolute Gasteiger partial charge is 0.271 e. The molecule has 0 radical (unpaired) electrons. The largest absolute Gasteiger partial charge is 0.397 e. The van der Waals surface area contributed by atoms with E-state index in [1.807, 2.05) is 6.92 Å². The van der Waals surface area contributed by atoms with E-state index in [2.05, 4.69) is 5.32 Å². The number of rotatable bonds is 4. The summed E-state index contributed by atoms with van der Waals surface area (Å²) in [6, 6.07) is 2.32. The van der Waals surface area contributed by atoms with E-state index in [1.165, 1.54) is 0 Å². The fourth-order valence-electron chi connectivity index (χ4n) is 1.90. The Bertz CT molecular complexity index is 543. The third-order valence-corrected chi connectivity index (χ3v) is 3.57. The maximum atomic E-state index is 12.1. The van der Waals surface area contributed by atoms with Crippen LogP contribution in [0.15, 0.2) is 12.1 Å². The number of hydrogen-bond acceptors (Lipinski definition) is 4. The van der Waals surface area contributed by atoms with Gasteiger partial charge in [-0.15, -0.1) is 0 Å². The average Bonchev–Trinajstić information content (AvgIpc) is 3.15. The molecular weight excluding hydrogens is 270 g/mol. The molecule has 1 fully saturated rings. The zero-order chi connectivity index (χ0) is 14.2. The van der Waals surface area contributed by atoms with Gasteiger partial charge in [0.25, 0.3) is 11.6 Å². The van der Waals surface area contributed by atoms with Crippen molar-refractivity contribution in [2.45, 2.75) is 25.8 Å². The first kappa shape index (κ1) is 13.6. The molecule has 0 bridgehead atoms. The molecule has 1 amide bonds. The standard InChI is InChI=1S/C12H14ClN3O3/c1-6(7-2-3-7)15-12(17)9-4-8(16(18)19)5-10(13)11(9)14/h4-7H,2-3,14H2,1H3,(H,15,17). The summed E-state index contributed by atoms with van der Waals surface area (Å²) in [6.45, 7) is 1.91. The van der Waals surface area contributed by atoms with Crippen molar-refractivity contribution in [3.8, 4) is 0 Å².